The molecule has 0 radical (unpaired) electrons. The summed E-state index contributed by atoms with van der Waals surface area (Å²) in [4.78, 5) is 10.2. The number of hydrogen-bond acceptors (Lipinski definition) is 3. The lowest BCUT2D eigenvalue weighted by atomic mass is 10.3. The van der Waals surface area contributed by atoms with Crippen LogP contribution in [0, 0.1) is 0 Å². The summed E-state index contributed by atoms with van der Waals surface area (Å²) in [5.41, 5.74) is 9.62. The summed E-state index contributed by atoms with van der Waals surface area (Å²) in [6.07, 6.45) is 2.27. The van der Waals surface area contributed by atoms with E-state index in [1.165, 1.54) is 0 Å². The van der Waals surface area contributed by atoms with Crippen LogP contribution >= 0.6 is 8.07 Å². The molecule has 0 saturated heterocycles. The van der Waals surface area contributed by atoms with Crippen LogP contribution in [0.4, 0.5) is 4.79 Å². The van der Waals surface area contributed by atoms with Gasteiger partial charge in [0, 0.05) is 0 Å². The molecule has 5 N–H and O–H groups in total. The average molecular weight is 164 g/mol. The highest BCUT2D eigenvalue weighted by atomic mass is 31.1. The molecule has 0 fully saturated rings. The Hall–Kier alpha value is -0.180. The number of carboxylic acid groups (broad SMARTS) is 1. The minimum absolute atomic E-state index is 0.585. The van der Waals surface area contributed by atoms with Crippen LogP contribution in [0.2, 0.25) is 0 Å². The minimum Gasteiger partial charge on any atom is -0.477 e. The Bertz CT molecular complexity index is 110. The van der Waals surface area contributed by atoms with Gasteiger partial charge in [0.25, 0.3) is 0 Å². The Balaban J connectivity index is 3.21. The van der Waals surface area contributed by atoms with Crippen LogP contribution < -0.4 is 11.2 Å². The van der Waals surface area contributed by atoms with E-state index >= 15 is 0 Å². The fourth-order valence-electron chi connectivity index (χ4n) is 0.522. The fraction of sp³-hybridized carbons (Fsp3) is 0.800. The average Bonchev–Trinajstić information content (AvgIpc) is 1.88. The van der Waals surface area contributed by atoms with Crippen molar-refractivity contribution >= 4 is 13.8 Å². The molecule has 0 aromatic carbocycles. The molecule has 0 heterocycles. The molecule has 1 unspecified atom stereocenters. The van der Waals surface area contributed by atoms with Crippen molar-refractivity contribution in [2.45, 2.75) is 12.8 Å². The highest BCUT2D eigenvalue weighted by molar-refractivity contribution is 7.72. The van der Waals surface area contributed by atoms with Crippen LogP contribution in [0.1, 0.15) is 12.8 Å². The molecule has 0 aromatic heterocycles. The summed E-state index contributed by atoms with van der Waals surface area (Å²) in [6.45, 7) is 0.614. The molecule has 60 valence electrons. The Kier molecular flexibility index (Phi) is 5.49. The smallest absolute Gasteiger partial charge is 0.338 e. The van der Waals surface area contributed by atoms with Crippen LogP contribution in [0.15, 0.2) is 0 Å². The summed E-state index contributed by atoms with van der Waals surface area (Å²) >= 11 is 0. The highest BCUT2D eigenvalue weighted by Crippen LogP contribution is 2.26. The van der Waals surface area contributed by atoms with Crippen LogP contribution in [0.5, 0.6) is 0 Å². The van der Waals surface area contributed by atoms with Gasteiger partial charge in [0.1, 0.15) is 0 Å². The third kappa shape index (κ3) is 4.68. The quantitative estimate of drug-likeness (QED) is 0.413. The van der Waals surface area contributed by atoms with Crippen molar-refractivity contribution in [2.75, 3.05) is 12.7 Å². The van der Waals surface area contributed by atoms with E-state index in [4.69, 9.17) is 16.3 Å². The monoisotopic (exact) mass is 164 g/mol. The lowest BCUT2D eigenvalue weighted by Crippen LogP contribution is -2.05. The fourth-order valence-corrected chi connectivity index (χ4v) is 1.28. The lowest BCUT2D eigenvalue weighted by molar-refractivity contribution is 0.221. The van der Waals surface area contributed by atoms with E-state index in [-0.39, 0.29) is 0 Å². The van der Waals surface area contributed by atoms with E-state index in [0.29, 0.717) is 12.7 Å². The predicted molar refractivity (Wildman–Crippen MR) is 42.3 cm³/mol. The molecule has 0 saturated carbocycles. The van der Waals surface area contributed by atoms with Gasteiger partial charge in [-0.05, 0) is 25.5 Å². The Morgan fingerprint density at radius 3 is 2.50 bits per heavy atom. The topological polar surface area (TPSA) is 89.3 Å². The molecule has 4 nitrogen and oxygen atoms in total. The molecular weight excluding hydrogens is 151 g/mol. The largest absolute Gasteiger partial charge is 0.477 e. The van der Waals surface area contributed by atoms with Crippen LogP contribution in [-0.2, 0) is 0 Å². The zero-order valence-corrected chi connectivity index (χ0v) is 6.68. The second-order valence-electron chi connectivity index (χ2n) is 1.97. The van der Waals surface area contributed by atoms with E-state index in [0.717, 1.165) is 12.8 Å². The Morgan fingerprint density at radius 2 is 2.10 bits per heavy atom. The minimum atomic E-state index is -1.29. The summed E-state index contributed by atoms with van der Waals surface area (Å²) in [5.74, 6) is 0. The van der Waals surface area contributed by atoms with Gasteiger partial charge in [-0.1, -0.05) is 0 Å². The van der Waals surface area contributed by atoms with Crippen LogP contribution in [0.25, 0.3) is 0 Å². The van der Waals surface area contributed by atoms with Gasteiger partial charge in [0.05, 0.1) is 8.07 Å². The molecule has 0 amide bonds. The first-order chi connectivity index (χ1) is 4.68. The maximum atomic E-state index is 10.2. The van der Waals surface area contributed by atoms with Gasteiger partial charge < -0.3 is 16.3 Å². The maximum Gasteiger partial charge on any atom is 0.338 e. The molecule has 0 rings (SSSR count). The molecule has 0 spiro atoms. The Labute approximate surface area is 61.4 Å². The molecule has 0 aliphatic rings. The molecule has 5 heteroatoms. The zero-order valence-electron chi connectivity index (χ0n) is 5.79. The molecule has 0 aliphatic heterocycles. The molecular formula is C5H13N2O2P. The van der Waals surface area contributed by atoms with Crippen LogP contribution in [0.3, 0.4) is 0 Å². The molecule has 1 atom stereocenters. The van der Waals surface area contributed by atoms with Crippen molar-refractivity contribution in [3.63, 3.8) is 0 Å². The van der Waals surface area contributed by atoms with Gasteiger partial charge in [-0.3, -0.25) is 0 Å². The van der Waals surface area contributed by atoms with E-state index in [2.05, 4.69) is 0 Å². The van der Waals surface area contributed by atoms with Gasteiger partial charge in [-0.15, -0.1) is 0 Å². The number of rotatable bonds is 5. The van der Waals surface area contributed by atoms with Crippen molar-refractivity contribution in [2.24, 2.45) is 11.2 Å². The first kappa shape index (κ1) is 9.82. The second-order valence-corrected chi connectivity index (χ2v) is 3.74. The van der Waals surface area contributed by atoms with Crippen molar-refractivity contribution in [1.82, 2.24) is 0 Å². The maximum absolute atomic E-state index is 10.2. The SMILES string of the molecule is NCCCCP(N)C(=O)O. The van der Waals surface area contributed by atoms with E-state index in [1.54, 1.807) is 0 Å². The van der Waals surface area contributed by atoms with Crippen molar-refractivity contribution in [1.29, 1.82) is 0 Å². The van der Waals surface area contributed by atoms with E-state index in [9.17, 15) is 4.79 Å². The van der Waals surface area contributed by atoms with E-state index in [1.807, 2.05) is 0 Å². The van der Waals surface area contributed by atoms with E-state index < -0.39 is 13.8 Å². The van der Waals surface area contributed by atoms with Gasteiger partial charge in [-0.2, -0.15) is 0 Å². The van der Waals surface area contributed by atoms with Crippen molar-refractivity contribution in [3.05, 3.63) is 0 Å². The summed E-state index contributed by atoms with van der Waals surface area (Å²) < 4.78 is 0. The number of nitrogens with two attached hydrogens (primary N) is 2. The van der Waals surface area contributed by atoms with Crippen molar-refractivity contribution < 1.29 is 9.90 Å². The number of carbonyl (C=O) groups is 1. The molecule has 0 aromatic rings. The van der Waals surface area contributed by atoms with Crippen molar-refractivity contribution in [3.8, 4) is 0 Å². The second kappa shape index (κ2) is 5.59. The molecule has 10 heavy (non-hydrogen) atoms. The van der Waals surface area contributed by atoms with Gasteiger partial charge in [0.2, 0.25) is 0 Å². The summed E-state index contributed by atoms with van der Waals surface area (Å²) in [5, 5.41) is 8.35. The van der Waals surface area contributed by atoms with Crippen LogP contribution in [-0.4, -0.2) is 23.5 Å². The standard InChI is InChI=1S/C5H13N2O2P/c6-3-1-2-4-10(7)5(8)9/h1-4,6-7H2,(H,8,9). The number of unbranched alkanes of at least 4 members (excludes halogenated alkanes) is 1. The number of hydrogen-bond donors (Lipinski definition) is 3. The summed E-state index contributed by atoms with van der Waals surface area (Å²) in [6, 6.07) is 0. The van der Waals surface area contributed by atoms with Gasteiger partial charge >= 0.3 is 5.71 Å². The first-order valence-electron chi connectivity index (χ1n) is 3.13. The summed E-state index contributed by atoms with van der Waals surface area (Å²) in [7, 11) is -1.29. The third-order valence-electron chi connectivity index (χ3n) is 1.10. The van der Waals surface area contributed by atoms with Gasteiger partial charge in [0.15, 0.2) is 0 Å². The molecule has 0 bridgehead atoms. The highest BCUT2D eigenvalue weighted by Gasteiger charge is 2.09. The first-order valence-corrected chi connectivity index (χ1v) is 4.73. The predicted octanol–water partition coefficient (Wildman–Crippen LogP) is 0.759. The zero-order chi connectivity index (χ0) is 7.98. The molecule has 0 aliphatic carbocycles. The third-order valence-corrected chi connectivity index (χ3v) is 2.39. The van der Waals surface area contributed by atoms with Gasteiger partial charge in [-0.25, -0.2) is 4.79 Å². The lowest BCUT2D eigenvalue weighted by Gasteiger charge is -2.03. The Morgan fingerprint density at radius 1 is 1.50 bits per heavy atom. The normalized spacial score (nSPS) is 13.0.